The maximum Gasteiger partial charge on any atom is 0.282 e. The largest absolute Gasteiger partial charge is 0.496 e. The Morgan fingerprint density at radius 2 is 1.79 bits per heavy atom. The Morgan fingerprint density at radius 1 is 1.06 bits per heavy atom. The highest BCUT2D eigenvalue weighted by Gasteiger charge is 2.23. The van der Waals surface area contributed by atoms with Gasteiger partial charge in [0, 0.05) is 21.5 Å². The van der Waals surface area contributed by atoms with Gasteiger partial charge in [0.05, 0.1) is 24.2 Å². The number of hydrogen-bond acceptors (Lipinski definition) is 5. The number of ether oxygens (including phenoxy) is 2. The molecule has 0 atom stereocenters. The average Bonchev–Trinajstić information content (AvgIpc) is 2.80. The van der Waals surface area contributed by atoms with Gasteiger partial charge in [-0.2, -0.15) is 9.78 Å². The van der Waals surface area contributed by atoms with Gasteiger partial charge in [-0.05, 0) is 36.4 Å². The van der Waals surface area contributed by atoms with Gasteiger partial charge in [-0.1, -0.05) is 54.9 Å². The number of halogens is 2. The third kappa shape index (κ3) is 4.87. The van der Waals surface area contributed by atoms with E-state index in [4.69, 9.17) is 14.5 Å². The molecule has 34 heavy (non-hydrogen) atoms. The molecule has 0 fully saturated rings. The van der Waals surface area contributed by atoms with Crippen molar-refractivity contribution in [3.05, 3.63) is 92.7 Å². The van der Waals surface area contributed by atoms with Gasteiger partial charge in [-0.25, -0.2) is 9.37 Å². The van der Waals surface area contributed by atoms with Gasteiger partial charge in [0.1, 0.15) is 17.3 Å². The van der Waals surface area contributed by atoms with Crippen LogP contribution in [-0.4, -0.2) is 23.0 Å². The van der Waals surface area contributed by atoms with Crippen molar-refractivity contribution in [1.29, 1.82) is 0 Å². The molecule has 4 aromatic rings. The zero-order valence-corrected chi connectivity index (χ0v) is 20.8. The number of nitrogens with zero attached hydrogens (tertiary/aromatic N) is 3. The molecule has 6 nitrogen and oxygen atoms in total. The molecule has 0 saturated carbocycles. The van der Waals surface area contributed by atoms with Crippen LogP contribution in [0.4, 0.5) is 4.39 Å². The van der Waals surface area contributed by atoms with Crippen LogP contribution in [0.2, 0.25) is 0 Å². The van der Waals surface area contributed by atoms with Crippen molar-refractivity contribution in [3.63, 3.8) is 0 Å². The van der Waals surface area contributed by atoms with Gasteiger partial charge >= 0.3 is 0 Å². The zero-order valence-electron chi connectivity index (χ0n) is 19.2. The average molecular weight is 524 g/mol. The van der Waals surface area contributed by atoms with Crippen LogP contribution in [0, 0.1) is 5.82 Å². The highest BCUT2D eigenvalue weighted by atomic mass is 79.9. The lowest BCUT2D eigenvalue weighted by Gasteiger charge is -2.21. The van der Waals surface area contributed by atoms with Gasteiger partial charge in [0.25, 0.3) is 5.56 Å². The van der Waals surface area contributed by atoms with Crippen LogP contribution >= 0.6 is 15.9 Å². The summed E-state index contributed by atoms with van der Waals surface area (Å²) in [7, 11) is 1.44. The molecule has 0 radical (unpaired) electrons. The molecule has 0 bridgehead atoms. The van der Waals surface area contributed by atoms with E-state index in [0.29, 0.717) is 28.0 Å². The van der Waals surface area contributed by atoms with E-state index in [2.05, 4.69) is 21.0 Å². The molecule has 4 rings (SSSR count). The monoisotopic (exact) mass is 523 g/mol. The molecule has 0 aliphatic carbocycles. The number of methoxy groups -OCH3 is 1. The SMILES string of the molecule is COc1cc(F)c(Oc2ccccc2)cc1C=Nn1c(C(C)(C)C)nc2ccc(Br)cc2c1=O. The fourth-order valence-corrected chi connectivity index (χ4v) is 3.74. The standard InChI is InChI=1S/C26H23BrFN3O3/c1-26(2,3)25-30-21-11-10-17(27)13-19(21)24(32)31(25)29-15-16-12-23(20(28)14-22(16)33-4)34-18-8-6-5-7-9-18/h5-15H,1-4H3. The van der Waals surface area contributed by atoms with E-state index in [1.165, 1.54) is 30.1 Å². The quantitative estimate of drug-likeness (QED) is 0.289. The Hall–Kier alpha value is -3.52. The Labute approximate surface area is 204 Å². The van der Waals surface area contributed by atoms with Gasteiger partial charge in [-0.3, -0.25) is 4.79 Å². The van der Waals surface area contributed by atoms with E-state index >= 15 is 0 Å². The first-order chi connectivity index (χ1) is 16.2. The molecule has 0 amide bonds. The van der Waals surface area contributed by atoms with Crippen LogP contribution in [0.1, 0.15) is 32.2 Å². The highest BCUT2D eigenvalue weighted by molar-refractivity contribution is 9.10. The van der Waals surface area contributed by atoms with Crippen molar-refractivity contribution >= 4 is 33.0 Å². The summed E-state index contributed by atoms with van der Waals surface area (Å²) in [4.78, 5) is 18.1. The third-order valence-electron chi connectivity index (χ3n) is 5.05. The summed E-state index contributed by atoms with van der Waals surface area (Å²) in [6.45, 7) is 5.86. The fourth-order valence-electron chi connectivity index (χ4n) is 3.38. The number of rotatable bonds is 5. The summed E-state index contributed by atoms with van der Waals surface area (Å²) >= 11 is 3.41. The highest BCUT2D eigenvalue weighted by Crippen LogP contribution is 2.30. The first-order valence-electron chi connectivity index (χ1n) is 10.5. The lowest BCUT2D eigenvalue weighted by molar-refractivity contribution is 0.401. The molecule has 174 valence electrons. The normalized spacial score (nSPS) is 11.8. The van der Waals surface area contributed by atoms with Crippen molar-refractivity contribution in [3.8, 4) is 17.2 Å². The van der Waals surface area contributed by atoms with Gasteiger partial charge in [-0.15, -0.1) is 0 Å². The predicted octanol–water partition coefficient (Wildman–Crippen LogP) is 6.28. The maximum atomic E-state index is 14.6. The summed E-state index contributed by atoms with van der Waals surface area (Å²) in [6, 6.07) is 16.9. The van der Waals surface area contributed by atoms with Crippen molar-refractivity contribution in [2.24, 2.45) is 5.10 Å². The topological polar surface area (TPSA) is 65.7 Å². The molecular formula is C26H23BrFN3O3. The van der Waals surface area contributed by atoms with Crippen LogP contribution in [-0.2, 0) is 5.41 Å². The Kier molecular flexibility index (Phi) is 6.52. The third-order valence-corrected chi connectivity index (χ3v) is 5.54. The minimum Gasteiger partial charge on any atom is -0.496 e. The Bertz CT molecular complexity index is 1440. The van der Waals surface area contributed by atoms with Crippen LogP contribution in [0.25, 0.3) is 10.9 Å². The molecule has 0 N–H and O–H groups in total. The molecule has 0 unspecified atom stereocenters. The number of fused-ring (bicyclic) bond motifs is 1. The van der Waals surface area contributed by atoms with Crippen LogP contribution in [0.15, 0.2) is 75.0 Å². The molecule has 0 saturated heterocycles. The lowest BCUT2D eigenvalue weighted by Crippen LogP contribution is -2.29. The summed E-state index contributed by atoms with van der Waals surface area (Å²) in [5, 5.41) is 4.88. The summed E-state index contributed by atoms with van der Waals surface area (Å²) in [5.41, 5.74) is 0.249. The van der Waals surface area contributed by atoms with Crippen LogP contribution in [0.3, 0.4) is 0 Å². The number of benzene rings is 3. The van der Waals surface area contributed by atoms with E-state index in [1.54, 1.807) is 36.4 Å². The predicted molar refractivity (Wildman–Crippen MR) is 135 cm³/mol. The van der Waals surface area contributed by atoms with Crippen LogP contribution < -0.4 is 15.0 Å². The molecule has 1 aromatic heterocycles. The smallest absolute Gasteiger partial charge is 0.282 e. The van der Waals surface area contributed by atoms with Gasteiger partial charge in [0.15, 0.2) is 11.6 Å². The summed E-state index contributed by atoms with van der Waals surface area (Å²) in [5.74, 6) is 0.666. The van der Waals surface area contributed by atoms with E-state index in [-0.39, 0.29) is 17.1 Å². The van der Waals surface area contributed by atoms with Crippen molar-refractivity contribution in [2.75, 3.05) is 7.11 Å². The Balaban J connectivity index is 1.84. The minimum atomic E-state index is -0.581. The fraction of sp³-hybridized carbons (Fsp3) is 0.192. The van der Waals surface area contributed by atoms with Gasteiger partial charge < -0.3 is 9.47 Å². The van der Waals surface area contributed by atoms with E-state index in [0.717, 1.165) is 4.47 Å². The second kappa shape index (κ2) is 9.38. The number of aromatic nitrogens is 2. The Morgan fingerprint density at radius 3 is 2.47 bits per heavy atom. The second-order valence-electron chi connectivity index (χ2n) is 8.65. The number of hydrogen-bond donors (Lipinski definition) is 0. The lowest BCUT2D eigenvalue weighted by atomic mass is 9.95. The minimum absolute atomic E-state index is 0.0115. The van der Waals surface area contributed by atoms with Crippen LogP contribution in [0.5, 0.6) is 17.2 Å². The molecule has 0 aliphatic rings. The summed E-state index contributed by atoms with van der Waals surface area (Å²) < 4.78 is 27.7. The van der Waals surface area contributed by atoms with Crippen molar-refractivity contribution in [2.45, 2.75) is 26.2 Å². The molecule has 1 heterocycles. The zero-order chi connectivity index (χ0) is 24.5. The molecule has 0 spiro atoms. The summed E-state index contributed by atoms with van der Waals surface area (Å²) in [6.07, 6.45) is 1.44. The molecule has 3 aromatic carbocycles. The molecular weight excluding hydrogens is 501 g/mol. The molecule has 8 heteroatoms. The maximum absolute atomic E-state index is 14.6. The second-order valence-corrected chi connectivity index (χ2v) is 9.56. The van der Waals surface area contributed by atoms with E-state index in [1.807, 2.05) is 32.9 Å². The van der Waals surface area contributed by atoms with E-state index < -0.39 is 11.2 Å². The van der Waals surface area contributed by atoms with Crippen molar-refractivity contribution < 1.29 is 13.9 Å². The van der Waals surface area contributed by atoms with Gasteiger partial charge in [0.2, 0.25) is 0 Å². The number of para-hydroxylation sites is 1. The first kappa shape index (κ1) is 23.6. The van der Waals surface area contributed by atoms with E-state index in [9.17, 15) is 9.18 Å². The first-order valence-corrected chi connectivity index (χ1v) is 11.3. The van der Waals surface area contributed by atoms with Crippen molar-refractivity contribution in [1.82, 2.24) is 9.66 Å². The molecule has 0 aliphatic heterocycles.